The number of hydrogen-bond acceptors (Lipinski definition) is 5. The third-order valence-corrected chi connectivity index (χ3v) is 4.84. The van der Waals surface area contributed by atoms with E-state index in [0.29, 0.717) is 11.7 Å². The first kappa shape index (κ1) is 19.2. The van der Waals surface area contributed by atoms with Crippen molar-refractivity contribution in [1.29, 1.82) is 0 Å². The van der Waals surface area contributed by atoms with Crippen molar-refractivity contribution < 1.29 is 9.90 Å². The van der Waals surface area contributed by atoms with Crippen molar-refractivity contribution in [3.05, 3.63) is 53.2 Å². The number of anilines is 2. The van der Waals surface area contributed by atoms with Gasteiger partial charge in [-0.1, -0.05) is 18.2 Å². The lowest BCUT2D eigenvalue weighted by atomic mass is 9.97. The van der Waals surface area contributed by atoms with Gasteiger partial charge in [-0.05, 0) is 73.5 Å². The Morgan fingerprint density at radius 3 is 2.81 bits per heavy atom. The Kier molecular flexibility index (Phi) is 6.65. The van der Waals surface area contributed by atoms with E-state index in [0.717, 1.165) is 43.7 Å². The molecule has 0 spiro atoms. The summed E-state index contributed by atoms with van der Waals surface area (Å²) in [5.74, 6) is 0.423. The molecule has 0 atom stereocenters. The van der Waals surface area contributed by atoms with Crippen molar-refractivity contribution in [3.8, 4) is 0 Å². The minimum atomic E-state index is -0.778. The van der Waals surface area contributed by atoms with Crippen molar-refractivity contribution in [3.63, 3.8) is 0 Å². The number of aliphatic carboxylic acids is 1. The number of nitrogens with zero attached hydrogens (tertiary/aromatic N) is 1. The van der Waals surface area contributed by atoms with E-state index in [1.807, 2.05) is 18.2 Å². The van der Waals surface area contributed by atoms with Gasteiger partial charge in [0.05, 0.1) is 12.1 Å². The largest absolute Gasteiger partial charge is 0.481 e. The molecule has 0 radical (unpaired) electrons. The van der Waals surface area contributed by atoms with Crippen molar-refractivity contribution in [2.75, 3.05) is 30.7 Å². The van der Waals surface area contributed by atoms with Crippen molar-refractivity contribution >= 4 is 17.5 Å². The second kappa shape index (κ2) is 9.37. The maximum Gasteiger partial charge on any atom is 0.307 e. The van der Waals surface area contributed by atoms with Crippen molar-refractivity contribution in [2.24, 2.45) is 0 Å². The van der Waals surface area contributed by atoms with E-state index in [9.17, 15) is 4.79 Å². The van der Waals surface area contributed by atoms with Crippen LogP contribution in [0.2, 0.25) is 0 Å². The van der Waals surface area contributed by atoms with E-state index in [-0.39, 0.29) is 6.42 Å². The number of nitrogens with one attached hydrogen (secondary N) is 2. The molecule has 6 heteroatoms. The molecule has 1 heterocycles. The topological polar surface area (TPSA) is 100 Å². The predicted molar refractivity (Wildman–Crippen MR) is 108 cm³/mol. The van der Waals surface area contributed by atoms with Gasteiger partial charge in [-0.3, -0.25) is 4.79 Å². The van der Waals surface area contributed by atoms with Gasteiger partial charge >= 0.3 is 5.97 Å². The molecule has 1 saturated carbocycles. The third kappa shape index (κ3) is 5.96. The number of carbonyl (C=O) groups is 1. The van der Waals surface area contributed by atoms with E-state index in [1.165, 1.54) is 24.0 Å². The van der Waals surface area contributed by atoms with Gasteiger partial charge in [0.15, 0.2) is 0 Å². The number of nitrogens with two attached hydrogens (primary N) is 1. The second-order valence-corrected chi connectivity index (χ2v) is 7.09. The summed E-state index contributed by atoms with van der Waals surface area (Å²) in [6.45, 7) is 2.65. The van der Waals surface area contributed by atoms with Crippen LogP contribution in [0, 0.1) is 0 Å². The van der Waals surface area contributed by atoms with E-state index >= 15 is 0 Å². The summed E-state index contributed by atoms with van der Waals surface area (Å²) in [7, 11) is 0. The Hall–Kier alpha value is -2.60. The zero-order valence-corrected chi connectivity index (χ0v) is 15.6. The molecule has 6 nitrogen and oxygen atoms in total. The molecular formula is C21H28N4O2. The normalized spacial score (nSPS) is 13.5. The molecule has 5 N–H and O–H groups in total. The quantitative estimate of drug-likeness (QED) is 0.455. The summed E-state index contributed by atoms with van der Waals surface area (Å²) >= 11 is 0. The predicted octanol–water partition coefficient (Wildman–Crippen LogP) is 2.80. The molecular weight excluding hydrogens is 340 g/mol. The van der Waals surface area contributed by atoms with E-state index in [2.05, 4.69) is 27.8 Å². The number of aromatic nitrogens is 1. The minimum absolute atomic E-state index is 0.0918. The molecule has 27 heavy (non-hydrogen) atoms. The Balaban J connectivity index is 1.40. The summed E-state index contributed by atoms with van der Waals surface area (Å²) in [5, 5.41) is 15.8. The van der Waals surface area contributed by atoms with E-state index < -0.39 is 5.97 Å². The van der Waals surface area contributed by atoms with Gasteiger partial charge in [0.25, 0.3) is 0 Å². The molecule has 2 aromatic rings. The zero-order chi connectivity index (χ0) is 19.1. The smallest absolute Gasteiger partial charge is 0.307 e. The van der Waals surface area contributed by atoms with Crippen LogP contribution in [0.15, 0.2) is 36.5 Å². The molecule has 1 fully saturated rings. The number of carboxylic acid groups (broad SMARTS) is 1. The number of rotatable bonds is 11. The molecule has 0 aliphatic heterocycles. The van der Waals surface area contributed by atoms with Gasteiger partial charge in [0, 0.05) is 12.7 Å². The maximum atomic E-state index is 11.0. The first-order valence-corrected chi connectivity index (χ1v) is 9.62. The van der Waals surface area contributed by atoms with Gasteiger partial charge in [-0.15, -0.1) is 0 Å². The van der Waals surface area contributed by atoms with Gasteiger partial charge in [-0.2, -0.15) is 0 Å². The fraction of sp³-hybridized carbons (Fsp3) is 0.429. The maximum absolute atomic E-state index is 11.0. The van der Waals surface area contributed by atoms with Gasteiger partial charge in [-0.25, -0.2) is 4.98 Å². The highest BCUT2D eigenvalue weighted by atomic mass is 16.4. The summed E-state index contributed by atoms with van der Waals surface area (Å²) in [4.78, 5) is 15.0. The molecule has 1 aliphatic carbocycles. The summed E-state index contributed by atoms with van der Waals surface area (Å²) in [5.41, 5.74) is 10.3. The Bertz CT molecular complexity index is 775. The number of hydrogen-bond donors (Lipinski definition) is 4. The summed E-state index contributed by atoms with van der Waals surface area (Å²) < 4.78 is 0. The highest BCUT2D eigenvalue weighted by molar-refractivity contribution is 5.70. The minimum Gasteiger partial charge on any atom is -0.481 e. The van der Waals surface area contributed by atoms with Crippen LogP contribution < -0.4 is 16.4 Å². The standard InChI is InChI=1S/C21H28N4O2/c22-21-19(3-1-10-25-21)24-11-2-9-23-12-8-17-13-15(14-20(26)27)4-7-18(17)16-5-6-16/h1,3-4,7,10,13,16,23-24H,2,5-6,8-9,11-12,14H2,(H2,22,25)(H,26,27). The molecule has 144 valence electrons. The average molecular weight is 368 g/mol. The van der Waals surface area contributed by atoms with Crippen LogP contribution >= 0.6 is 0 Å². The van der Waals surface area contributed by atoms with Crippen LogP contribution in [0.5, 0.6) is 0 Å². The summed E-state index contributed by atoms with van der Waals surface area (Å²) in [6.07, 6.45) is 6.20. The fourth-order valence-electron chi connectivity index (χ4n) is 3.30. The lowest BCUT2D eigenvalue weighted by molar-refractivity contribution is -0.136. The molecule has 0 amide bonds. The van der Waals surface area contributed by atoms with E-state index in [4.69, 9.17) is 10.8 Å². The lowest BCUT2D eigenvalue weighted by Crippen LogP contribution is -2.21. The SMILES string of the molecule is Nc1ncccc1NCCCNCCc1cc(CC(=O)O)ccc1C1CC1. The van der Waals surface area contributed by atoms with Crippen LogP contribution in [0.25, 0.3) is 0 Å². The molecule has 3 rings (SSSR count). The number of nitrogen functional groups attached to an aromatic ring is 1. The molecule has 0 unspecified atom stereocenters. The second-order valence-electron chi connectivity index (χ2n) is 7.09. The molecule has 0 saturated heterocycles. The highest BCUT2D eigenvalue weighted by Gasteiger charge is 2.25. The number of benzene rings is 1. The van der Waals surface area contributed by atoms with Crippen LogP contribution in [0.3, 0.4) is 0 Å². The van der Waals surface area contributed by atoms with Gasteiger partial charge in [0.2, 0.25) is 0 Å². The number of carboxylic acids is 1. The van der Waals surface area contributed by atoms with Gasteiger partial charge in [0.1, 0.15) is 5.82 Å². The summed E-state index contributed by atoms with van der Waals surface area (Å²) in [6, 6.07) is 9.98. The fourth-order valence-corrected chi connectivity index (χ4v) is 3.30. The first-order chi connectivity index (χ1) is 13.1. The van der Waals surface area contributed by atoms with Crippen LogP contribution in [-0.2, 0) is 17.6 Å². The molecule has 1 aromatic carbocycles. The average Bonchev–Trinajstić information content (AvgIpc) is 3.47. The van der Waals surface area contributed by atoms with Crippen molar-refractivity contribution in [1.82, 2.24) is 10.3 Å². The Labute approximate surface area is 160 Å². The zero-order valence-electron chi connectivity index (χ0n) is 15.6. The van der Waals surface area contributed by atoms with Gasteiger partial charge < -0.3 is 21.5 Å². The highest BCUT2D eigenvalue weighted by Crippen LogP contribution is 2.42. The van der Waals surface area contributed by atoms with Crippen LogP contribution in [0.1, 0.15) is 41.9 Å². The number of pyridine rings is 1. The van der Waals surface area contributed by atoms with E-state index in [1.54, 1.807) is 6.20 Å². The molecule has 1 aromatic heterocycles. The molecule has 0 bridgehead atoms. The van der Waals surface area contributed by atoms with Crippen LogP contribution in [-0.4, -0.2) is 35.7 Å². The Morgan fingerprint density at radius 1 is 1.22 bits per heavy atom. The van der Waals surface area contributed by atoms with Crippen LogP contribution in [0.4, 0.5) is 11.5 Å². The Morgan fingerprint density at radius 2 is 2.07 bits per heavy atom. The molecule has 1 aliphatic rings. The third-order valence-electron chi connectivity index (χ3n) is 4.84. The first-order valence-electron chi connectivity index (χ1n) is 9.62. The monoisotopic (exact) mass is 368 g/mol. The lowest BCUT2D eigenvalue weighted by Gasteiger charge is -2.12. The van der Waals surface area contributed by atoms with Crippen molar-refractivity contribution in [2.45, 2.75) is 38.0 Å².